The largest absolute Gasteiger partial charge is 0.458 e. The van der Waals surface area contributed by atoms with Crippen LogP contribution in [0.25, 0.3) is 10.8 Å². The number of ether oxygens (including phenoxy) is 2. The standard InChI is InChI=1S/C27H36N2O4/c1-6-20-15-27(20,25(31)33-26(2,3)4)28-24(30)23-14-21(16-29(23)5)32-17-19-12-9-11-18-10-7-8-13-22(18)19/h7-13,20-21,23H,6,14-17H2,1-5H3,(H,28,30)/t20?,21-,23+,27-/m1/s1. The maximum Gasteiger partial charge on any atom is 0.332 e. The Labute approximate surface area is 196 Å². The molecule has 4 rings (SSSR count). The molecule has 1 unspecified atom stereocenters. The van der Waals surface area contributed by atoms with Crippen LogP contribution in [0.15, 0.2) is 42.5 Å². The Morgan fingerprint density at radius 3 is 2.58 bits per heavy atom. The maximum absolute atomic E-state index is 13.2. The molecule has 2 aliphatic rings. The predicted octanol–water partition coefficient (Wildman–Crippen LogP) is 4.06. The van der Waals surface area contributed by atoms with Crippen molar-refractivity contribution in [3.8, 4) is 0 Å². The summed E-state index contributed by atoms with van der Waals surface area (Å²) in [5.74, 6) is -0.309. The summed E-state index contributed by atoms with van der Waals surface area (Å²) < 4.78 is 11.9. The monoisotopic (exact) mass is 452 g/mol. The van der Waals surface area contributed by atoms with Gasteiger partial charge in [0.05, 0.1) is 18.8 Å². The van der Waals surface area contributed by atoms with E-state index in [1.165, 1.54) is 10.8 Å². The van der Waals surface area contributed by atoms with Crippen molar-refractivity contribution in [3.63, 3.8) is 0 Å². The van der Waals surface area contributed by atoms with E-state index >= 15 is 0 Å². The highest BCUT2D eigenvalue weighted by atomic mass is 16.6. The zero-order valence-electron chi connectivity index (χ0n) is 20.4. The molecule has 0 bridgehead atoms. The van der Waals surface area contributed by atoms with Crippen LogP contribution >= 0.6 is 0 Å². The van der Waals surface area contributed by atoms with Gasteiger partial charge in [0.25, 0.3) is 0 Å². The van der Waals surface area contributed by atoms with E-state index in [-0.39, 0.29) is 29.9 Å². The third kappa shape index (κ3) is 5.07. The summed E-state index contributed by atoms with van der Waals surface area (Å²) in [6.45, 7) is 8.79. The molecule has 1 amide bonds. The van der Waals surface area contributed by atoms with Crippen LogP contribution < -0.4 is 5.32 Å². The van der Waals surface area contributed by atoms with Crippen LogP contribution in [0.5, 0.6) is 0 Å². The molecule has 1 heterocycles. The second-order valence-electron chi connectivity index (χ2n) is 10.5. The molecule has 2 aromatic rings. The number of rotatable bonds is 7. The molecule has 178 valence electrons. The van der Waals surface area contributed by atoms with Gasteiger partial charge in [0, 0.05) is 6.54 Å². The van der Waals surface area contributed by atoms with Crippen molar-refractivity contribution in [2.24, 2.45) is 5.92 Å². The first kappa shape index (κ1) is 23.7. The van der Waals surface area contributed by atoms with E-state index < -0.39 is 11.1 Å². The third-order valence-electron chi connectivity index (χ3n) is 6.87. The number of hydrogen-bond donors (Lipinski definition) is 1. The number of esters is 1. The SMILES string of the molecule is CCC1C[C@]1(NC(=O)[C@@H]1C[C@@H](OCc2cccc3ccccc23)CN1C)C(=O)OC(C)(C)C. The van der Waals surface area contributed by atoms with Crippen LogP contribution in [-0.2, 0) is 25.7 Å². The number of likely N-dealkylation sites (N-methyl/N-ethyl adjacent to an activating group) is 1. The van der Waals surface area contributed by atoms with Gasteiger partial charge in [-0.3, -0.25) is 9.69 Å². The first-order valence-corrected chi connectivity index (χ1v) is 12.0. The topological polar surface area (TPSA) is 67.9 Å². The van der Waals surface area contributed by atoms with Gasteiger partial charge in [-0.15, -0.1) is 0 Å². The number of hydrogen-bond acceptors (Lipinski definition) is 5. The van der Waals surface area contributed by atoms with Gasteiger partial charge >= 0.3 is 5.97 Å². The molecule has 33 heavy (non-hydrogen) atoms. The van der Waals surface area contributed by atoms with Crippen molar-refractivity contribution >= 4 is 22.6 Å². The van der Waals surface area contributed by atoms with E-state index in [0.717, 1.165) is 12.0 Å². The van der Waals surface area contributed by atoms with Crippen molar-refractivity contribution in [1.82, 2.24) is 10.2 Å². The lowest BCUT2D eigenvalue weighted by molar-refractivity contribution is -0.161. The summed E-state index contributed by atoms with van der Waals surface area (Å²) in [5, 5.41) is 5.46. The fourth-order valence-corrected chi connectivity index (χ4v) is 4.95. The van der Waals surface area contributed by atoms with Gasteiger partial charge in [-0.25, -0.2) is 4.79 Å². The molecule has 1 aliphatic heterocycles. The molecule has 1 N–H and O–H groups in total. The minimum Gasteiger partial charge on any atom is -0.458 e. The van der Waals surface area contributed by atoms with E-state index in [2.05, 4.69) is 29.6 Å². The molecule has 6 heteroatoms. The number of fused-ring (bicyclic) bond motifs is 1. The van der Waals surface area contributed by atoms with Crippen LogP contribution in [-0.4, -0.2) is 53.7 Å². The lowest BCUT2D eigenvalue weighted by Gasteiger charge is -2.27. The highest BCUT2D eigenvalue weighted by molar-refractivity contribution is 5.93. The molecule has 0 spiro atoms. The lowest BCUT2D eigenvalue weighted by atomic mass is 10.1. The molecule has 2 fully saturated rings. The molecular weight excluding hydrogens is 416 g/mol. The summed E-state index contributed by atoms with van der Waals surface area (Å²) >= 11 is 0. The number of nitrogens with one attached hydrogen (secondary N) is 1. The smallest absolute Gasteiger partial charge is 0.332 e. The summed E-state index contributed by atoms with van der Waals surface area (Å²) in [7, 11) is 1.94. The Bertz CT molecular complexity index is 1020. The number of nitrogens with zero attached hydrogens (tertiary/aromatic N) is 1. The van der Waals surface area contributed by atoms with Crippen molar-refractivity contribution in [1.29, 1.82) is 0 Å². The number of likely N-dealkylation sites (tertiary alicyclic amines) is 1. The summed E-state index contributed by atoms with van der Waals surface area (Å²) in [6, 6.07) is 14.2. The normalized spacial score (nSPS) is 27.5. The van der Waals surface area contributed by atoms with Crippen molar-refractivity contribution in [3.05, 3.63) is 48.0 Å². The maximum atomic E-state index is 13.2. The summed E-state index contributed by atoms with van der Waals surface area (Å²) in [5.41, 5.74) is -0.321. The second-order valence-corrected chi connectivity index (χ2v) is 10.5. The fraction of sp³-hybridized carbons (Fsp3) is 0.556. The average molecular weight is 453 g/mol. The predicted molar refractivity (Wildman–Crippen MR) is 129 cm³/mol. The van der Waals surface area contributed by atoms with Gasteiger partial charge in [0.2, 0.25) is 5.91 Å². The Morgan fingerprint density at radius 1 is 1.15 bits per heavy atom. The Morgan fingerprint density at radius 2 is 1.88 bits per heavy atom. The minimum atomic E-state index is -0.887. The van der Waals surface area contributed by atoms with E-state index in [9.17, 15) is 9.59 Å². The van der Waals surface area contributed by atoms with Gasteiger partial charge in [-0.05, 0) is 62.9 Å². The van der Waals surface area contributed by atoms with Crippen molar-refractivity contribution < 1.29 is 19.1 Å². The molecular formula is C27H36N2O4. The molecule has 1 aliphatic carbocycles. The molecule has 6 nitrogen and oxygen atoms in total. The molecule has 1 saturated carbocycles. The first-order valence-electron chi connectivity index (χ1n) is 12.0. The van der Waals surface area contributed by atoms with Gasteiger partial charge in [-0.1, -0.05) is 55.8 Å². The van der Waals surface area contributed by atoms with Gasteiger partial charge in [0.1, 0.15) is 11.1 Å². The number of amides is 1. The van der Waals surface area contributed by atoms with Crippen LogP contribution in [0.2, 0.25) is 0 Å². The summed E-state index contributed by atoms with van der Waals surface area (Å²) in [4.78, 5) is 28.1. The molecule has 4 atom stereocenters. The molecule has 2 aromatic carbocycles. The van der Waals surface area contributed by atoms with Crippen LogP contribution in [0, 0.1) is 5.92 Å². The average Bonchev–Trinajstić information content (AvgIpc) is 3.35. The van der Waals surface area contributed by atoms with E-state index in [1.807, 2.05) is 57.8 Å². The fourth-order valence-electron chi connectivity index (χ4n) is 4.95. The number of carbonyl (C=O) groups excluding carboxylic acids is 2. The Balaban J connectivity index is 1.38. The second kappa shape index (κ2) is 9.07. The molecule has 0 aromatic heterocycles. The van der Waals surface area contributed by atoms with Crippen LogP contribution in [0.1, 0.15) is 52.5 Å². The van der Waals surface area contributed by atoms with Gasteiger partial charge in [-0.2, -0.15) is 0 Å². The number of benzene rings is 2. The molecule has 1 saturated heterocycles. The van der Waals surface area contributed by atoms with E-state index in [4.69, 9.17) is 9.47 Å². The summed E-state index contributed by atoms with van der Waals surface area (Å²) in [6.07, 6.45) is 2.04. The quantitative estimate of drug-likeness (QED) is 0.642. The van der Waals surface area contributed by atoms with E-state index in [0.29, 0.717) is 26.0 Å². The van der Waals surface area contributed by atoms with E-state index in [1.54, 1.807) is 0 Å². The third-order valence-corrected chi connectivity index (χ3v) is 6.87. The van der Waals surface area contributed by atoms with Gasteiger partial charge < -0.3 is 14.8 Å². The Kier molecular flexibility index (Phi) is 6.52. The lowest BCUT2D eigenvalue weighted by Crippen LogP contribution is -2.52. The molecule has 0 radical (unpaired) electrons. The van der Waals surface area contributed by atoms with Crippen molar-refractivity contribution in [2.45, 2.75) is 76.9 Å². The minimum absolute atomic E-state index is 0.0385. The number of carbonyl (C=O) groups is 2. The zero-order chi connectivity index (χ0) is 23.8. The van der Waals surface area contributed by atoms with Crippen LogP contribution in [0.3, 0.4) is 0 Å². The van der Waals surface area contributed by atoms with Crippen molar-refractivity contribution in [2.75, 3.05) is 13.6 Å². The Hall–Kier alpha value is -2.44. The van der Waals surface area contributed by atoms with Crippen LogP contribution in [0.4, 0.5) is 0 Å². The zero-order valence-corrected chi connectivity index (χ0v) is 20.4. The highest BCUT2D eigenvalue weighted by Crippen LogP contribution is 2.47. The first-order chi connectivity index (χ1) is 15.6. The highest BCUT2D eigenvalue weighted by Gasteiger charge is 2.62. The van der Waals surface area contributed by atoms with Gasteiger partial charge in [0.15, 0.2) is 0 Å².